The molecule has 22 heavy (non-hydrogen) atoms. The van der Waals surface area contributed by atoms with Gasteiger partial charge in [0.05, 0.1) is 14.4 Å². The van der Waals surface area contributed by atoms with Gasteiger partial charge in [-0.05, 0) is 12.8 Å². The largest absolute Gasteiger partial charge is 0.790 e. The third-order valence-corrected chi connectivity index (χ3v) is 3.21. The van der Waals surface area contributed by atoms with Crippen LogP contribution in [-0.2, 0) is 18.2 Å². The first kappa shape index (κ1) is 21.9. The van der Waals surface area contributed by atoms with Gasteiger partial charge in [0.2, 0.25) is 0 Å². The summed E-state index contributed by atoms with van der Waals surface area (Å²) in [7, 11) is -11.1. The van der Waals surface area contributed by atoms with E-state index in [1.54, 1.807) is 0 Å². The molecule has 0 spiro atoms. The van der Waals surface area contributed by atoms with Gasteiger partial charge in [-0.25, -0.2) is 8.96 Å². The minimum absolute atomic E-state index is 0.808. The lowest BCUT2D eigenvalue weighted by Gasteiger charge is -2.32. The van der Waals surface area contributed by atoms with Crippen LogP contribution in [0.15, 0.2) is 0 Å². The fourth-order valence-corrected chi connectivity index (χ4v) is 2.16. The van der Waals surface area contributed by atoms with Crippen LogP contribution in [-0.4, -0.2) is 41.0 Å². The van der Waals surface area contributed by atoms with E-state index in [1.165, 1.54) is 0 Å². The minimum atomic E-state index is -5.63. The third kappa shape index (κ3) is 7.42. The summed E-state index contributed by atoms with van der Waals surface area (Å²) in [5, 5.41) is 0. The van der Waals surface area contributed by atoms with E-state index in [0.717, 1.165) is 0 Å². The fourth-order valence-electron chi connectivity index (χ4n) is 1.24. The van der Waals surface area contributed by atoms with Crippen LogP contribution in [0.4, 0.5) is 22.0 Å². The number of hydrogen-bond acceptors (Lipinski definition) is 6. The van der Waals surface area contributed by atoms with Crippen LogP contribution in [0.1, 0.15) is 12.8 Å². The van der Waals surface area contributed by atoms with Gasteiger partial charge in [-0.3, -0.25) is 4.52 Å². The van der Waals surface area contributed by atoms with Crippen molar-refractivity contribution >= 4 is 15.6 Å². The number of alkyl halides is 5. The zero-order valence-electron chi connectivity index (χ0n) is 10.5. The Balaban J connectivity index is 4.99. The summed E-state index contributed by atoms with van der Waals surface area (Å²) in [5.74, 6) is -10.6. The highest BCUT2D eigenvalue weighted by atomic mass is 31.2. The number of rotatable bonds is 10. The van der Waals surface area contributed by atoms with Crippen molar-refractivity contribution in [3.63, 3.8) is 0 Å². The highest BCUT2D eigenvalue weighted by Crippen LogP contribution is 2.47. The Morgan fingerprint density at radius 1 is 1.14 bits per heavy atom. The maximum atomic E-state index is 13.4. The standard InChI is InChI=1S/C7H13F5O8P2/c8-4-6(9,10)7(11,12)5(20-22(16,17)18)2-1-3-19-21(13,14)15/h5H,1-4H2,(H2,13,14,15)(H2,16,17,18)/p-2. The monoisotopic (exact) mass is 380 g/mol. The molecule has 0 rings (SSSR count). The second-order valence-electron chi connectivity index (χ2n) is 3.97. The zero-order chi connectivity index (χ0) is 17.8. The van der Waals surface area contributed by atoms with Crippen LogP contribution >= 0.6 is 15.6 Å². The van der Waals surface area contributed by atoms with Crippen LogP contribution in [0.3, 0.4) is 0 Å². The van der Waals surface area contributed by atoms with Crippen molar-refractivity contribution in [2.45, 2.75) is 30.8 Å². The van der Waals surface area contributed by atoms with E-state index in [-0.39, 0.29) is 0 Å². The Hall–Kier alpha value is -0.130. The Labute approximate surface area is 120 Å². The van der Waals surface area contributed by atoms with Gasteiger partial charge in [0, 0.05) is 0 Å². The topological polar surface area (TPSA) is 139 Å². The SMILES string of the molecule is O=P([O-])([O-])OCCCC(OP(=O)(O)O)C(F)(F)C(F)(F)CF. The molecule has 0 bridgehead atoms. The second-order valence-corrected chi connectivity index (χ2v) is 6.31. The maximum Gasteiger partial charge on any atom is 0.470 e. The maximum absolute atomic E-state index is 13.4. The highest BCUT2D eigenvalue weighted by molar-refractivity contribution is 7.46. The smallest absolute Gasteiger partial charge is 0.470 e. The van der Waals surface area contributed by atoms with Crippen molar-refractivity contribution in [2.24, 2.45) is 0 Å². The van der Waals surface area contributed by atoms with Crippen LogP contribution in [0, 0.1) is 0 Å². The lowest BCUT2D eigenvalue weighted by molar-refractivity contribution is -0.341. The molecule has 15 heteroatoms. The van der Waals surface area contributed by atoms with E-state index in [4.69, 9.17) is 9.79 Å². The molecule has 0 amide bonds. The zero-order valence-corrected chi connectivity index (χ0v) is 12.3. The molecule has 0 aliphatic heterocycles. The Kier molecular flexibility index (Phi) is 7.58. The van der Waals surface area contributed by atoms with E-state index in [0.29, 0.717) is 0 Å². The summed E-state index contributed by atoms with van der Waals surface area (Å²) in [5.41, 5.74) is 0. The molecular weight excluding hydrogens is 369 g/mol. The first-order valence-corrected chi connectivity index (χ1v) is 8.33. The number of phosphoric ester groups is 2. The van der Waals surface area contributed by atoms with Crippen molar-refractivity contribution in [1.29, 1.82) is 0 Å². The average molecular weight is 380 g/mol. The van der Waals surface area contributed by atoms with E-state index in [2.05, 4.69) is 9.05 Å². The van der Waals surface area contributed by atoms with Crippen molar-refractivity contribution in [2.75, 3.05) is 13.3 Å². The normalized spacial score (nSPS) is 15.9. The Morgan fingerprint density at radius 3 is 2.00 bits per heavy atom. The Morgan fingerprint density at radius 2 is 1.64 bits per heavy atom. The molecule has 8 nitrogen and oxygen atoms in total. The van der Waals surface area contributed by atoms with E-state index < -0.39 is 59.7 Å². The predicted octanol–water partition coefficient (Wildman–Crippen LogP) is 0.330. The minimum Gasteiger partial charge on any atom is -0.790 e. The van der Waals surface area contributed by atoms with E-state index >= 15 is 0 Å². The molecule has 0 aromatic heterocycles. The molecule has 0 heterocycles. The summed E-state index contributed by atoms with van der Waals surface area (Å²) in [6, 6.07) is 0. The van der Waals surface area contributed by atoms with Crippen molar-refractivity contribution < 1.29 is 59.7 Å². The van der Waals surface area contributed by atoms with Gasteiger partial charge in [0.15, 0.2) is 6.67 Å². The predicted molar refractivity (Wildman–Crippen MR) is 55.6 cm³/mol. The molecule has 0 saturated carbocycles. The molecule has 0 aliphatic rings. The third-order valence-electron chi connectivity index (χ3n) is 2.18. The molecule has 1 atom stereocenters. The molecular formula is C7H11F5O8P2-2. The summed E-state index contributed by atoms with van der Waals surface area (Å²) < 4.78 is 92.1. The molecule has 0 aromatic rings. The van der Waals surface area contributed by atoms with Gasteiger partial charge in [0.1, 0.15) is 6.10 Å². The number of hydrogen-bond donors (Lipinski definition) is 2. The van der Waals surface area contributed by atoms with Gasteiger partial charge in [-0.15, -0.1) is 0 Å². The summed E-state index contributed by atoms with van der Waals surface area (Å²) >= 11 is 0. The molecule has 0 aromatic carbocycles. The summed E-state index contributed by atoms with van der Waals surface area (Å²) in [6.45, 7) is -3.84. The number of halogens is 5. The van der Waals surface area contributed by atoms with E-state index in [9.17, 15) is 40.9 Å². The quantitative estimate of drug-likeness (QED) is 0.314. The van der Waals surface area contributed by atoms with Crippen LogP contribution in [0.5, 0.6) is 0 Å². The molecule has 0 fully saturated rings. The molecule has 0 aliphatic carbocycles. The van der Waals surface area contributed by atoms with Crippen LogP contribution in [0.2, 0.25) is 0 Å². The molecule has 2 N–H and O–H groups in total. The molecule has 134 valence electrons. The highest BCUT2D eigenvalue weighted by Gasteiger charge is 2.62. The first-order chi connectivity index (χ1) is 9.62. The van der Waals surface area contributed by atoms with Gasteiger partial charge in [0.25, 0.3) is 0 Å². The van der Waals surface area contributed by atoms with Crippen molar-refractivity contribution in [1.82, 2.24) is 0 Å². The van der Waals surface area contributed by atoms with Gasteiger partial charge in [-0.2, -0.15) is 17.6 Å². The Bertz CT molecular complexity index is 448. The average Bonchev–Trinajstić information content (AvgIpc) is 2.30. The van der Waals surface area contributed by atoms with Crippen molar-refractivity contribution in [3.8, 4) is 0 Å². The van der Waals surface area contributed by atoms with Gasteiger partial charge < -0.3 is 28.7 Å². The number of phosphoric acid groups is 2. The lowest BCUT2D eigenvalue weighted by atomic mass is 10.0. The molecule has 0 saturated heterocycles. The summed E-state index contributed by atoms with van der Waals surface area (Å²) in [6.07, 6.45) is -5.19. The first-order valence-electron chi connectivity index (χ1n) is 5.34. The van der Waals surface area contributed by atoms with Gasteiger partial charge >= 0.3 is 19.7 Å². The lowest BCUT2D eigenvalue weighted by Crippen LogP contribution is -2.51. The molecule has 1 unspecified atom stereocenters. The van der Waals surface area contributed by atoms with Gasteiger partial charge in [-0.1, -0.05) is 0 Å². The fraction of sp³-hybridized carbons (Fsp3) is 1.00. The molecule has 0 radical (unpaired) electrons. The van der Waals surface area contributed by atoms with E-state index in [1.807, 2.05) is 0 Å². The summed E-state index contributed by atoms with van der Waals surface area (Å²) in [4.78, 5) is 37.0. The second kappa shape index (κ2) is 7.63. The van der Waals surface area contributed by atoms with Crippen LogP contribution < -0.4 is 9.79 Å². The van der Waals surface area contributed by atoms with Crippen LogP contribution in [0.25, 0.3) is 0 Å². The van der Waals surface area contributed by atoms with Crippen molar-refractivity contribution in [3.05, 3.63) is 0 Å².